The van der Waals surface area contributed by atoms with Gasteiger partial charge in [0, 0.05) is 33.1 Å². The topological polar surface area (TPSA) is 127 Å². The standard InChI is InChI=1S/C20H22N8O3/c1-21-20(30)17-14(10-15(24-25-17)28-9-5-8-16(28)29)23-13-7-4-6-12(18(13)31-3)19-22-11-27(2)26-19/h4,6-7,10-11H,5,8-9H2,1-3H3,(H,21,30)(H,23,24). The summed E-state index contributed by atoms with van der Waals surface area (Å²) >= 11 is 0. The van der Waals surface area contributed by atoms with Gasteiger partial charge in [-0.3, -0.25) is 19.2 Å². The minimum absolute atomic E-state index is 0.0197. The van der Waals surface area contributed by atoms with Gasteiger partial charge in [-0.1, -0.05) is 6.07 Å². The van der Waals surface area contributed by atoms with Gasteiger partial charge in [-0.15, -0.1) is 10.2 Å². The highest BCUT2D eigenvalue weighted by atomic mass is 16.5. The third-order valence-corrected chi connectivity index (χ3v) is 4.90. The molecular formula is C20H22N8O3. The van der Waals surface area contributed by atoms with Crippen molar-refractivity contribution in [2.45, 2.75) is 12.8 Å². The first-order valence-electron chi connectivity index (χ1n) is 9.72. The molecule has 11 nitrogen and oxygen atoms in total. The monoisotopic (exact) mass is 422 g/mol. The lowest BCUT2D eigenvalue weighted by atomic mass is 10.1. The van der Waals surface area contributed by atoms with Crippen LogP contribution in [0.25, 0.3) is 11.4 Å². The maximum Gasteiger partial charge on any atom is 0.273 e. The van der Waals surface area contributed by atoms with Gasteiger partial charge in [0.1, 0.15) is 6.33 Å². The SMILES string of the molecule is CNC(=O)c1nnc(N2CCCC2=O)cc1Nc1cccc(-c2ncn(C)n2)c1OC. The number of para-hydroxylation sites is 1. The first-order chi connectivity index (χ1) is 15.0. The Morgan fingerprint density at radius 2 is 2.06 bits per heavy atom. The summed E-state index contributed by atoms with van der Waals surface area (Å²) in [5, 5.41) is 18.3. The van der Waals surface area contributed by atoms with Crippen LogP contribution >= 0.6 is 0 Å². The number of anilines is 3. The van der Waals surface area contributed by atoms with E-state index < -0.39 is 5.91 Å². The minimum atomic E-state index is -0.407. The van der Waals surface area contributed by atoms with Crippen molar-refractivity contribution in [3.05, 3.63) is 36.3 Å². The molecule has 1 fully saturated rings. The Labute approximate surface area is 178 Å². The van der Waals surface area contributed by atoms with Crippen molar-refractivity contribution in [3.8, 4) is 17.1 Å². The molecule has 0 radical (unpaired) electrons. The number of rotatable bonds is 6. The number of hydrogen-bond donors (Lipinski definition) is 2. The maximum absolute atomic E-state index is 12.4. The summed E-state index contributed by atoms with van der Waals surface area (Å²) in [7, 11) is 4.84. The zero-order chi connectivity index (χ0) is 22.0. The highest BCUT2D eigenvalue weighted by molar-refractivity contribution is 6.00. The van der Waals surface area contributed by atoms with Crippen LogP contribution in [0.4, 0.5) is 17.2 Å². The fourth-order valence-corrected chi connectivity index (χ4v) is 3.42. The lowest BCUT2D eigenvalue weighted by Gasteiger charge is -2.18. The van der Waals surface area contributed by atoms with Gasteiger partial charge in [-0.05, 0) is 18.6 Å². The van der Waals surface area contributed by atoms with Crippen molar-refractivity contribution in [1.29, 1.82) is 0 Å². The van der Waals surface area contributed by atoms with Gasteiger partial charge in [0.25, 0.3) is 5.91 Å². The minimum Gasteiger partial charge on any atom is -0.494 e. The first kappa shape index (κ1) is 20.3. The summed E-state index contributed by atoms with van der Waals surface area (Å²) in [6.45, 7) is 0.566. The number of methoxy groups -OCH3 is 1. The van der Waals surface area contributed by atoms with E-state index in [1.807, 2.05) is 12.1 Å². The Hall–Kier alpha value is -4.02. The summed E-state index contributed by atoms with van der Waals surface area (Å²) in [5.41, 5.74) is 1.77. The Morgan fingerprint density at radius 1 is 1.23 bits per heavy atom. The third-order valence-electron chi connectivity index (χ3n) is 4.90. The van der Waals surface area contributed by atoms with E-state index >= 15 is 0 Å². The smallest absolute Gasteiger partial charge is 0.273 e. The molecule has 160 valence electrons. The molecular weight excluding hydrogens is 400 g/mol. The van der Waals surface area contributed by atoms with Gasteiger partial charge < -0.3 is 15.4 Å². The molecule has 1 saturated heterocycles. The van der Waals surface area contributed by atoms with Crippen molar-refractivity contribution in [1.82, 2.24) is 30.3 Å². The summed E-state index contributed by atoms with van der Waals surface area (Å²) in [6.07, 6.45) is 2.83. The highest BCUT2D eigenvalue weighted by Crippen LogP contribution is 2.37. The van der Waals surface area contributed by atoms with Crippen LogP contribution in [0, 0.1) is 0 Å². The summed E-state index contributed by atoms with van der Waals surface area (Å²) in [6, 6.07) is 7.12. The maximum atomic E-state index is 12.4. The molecule has 1 aliphatic heterocycles. The zero-order valence-electron chi connectivity index (χ0n) is 17.4. The van der Waals surface area contributed by atoms with Crippen molar-refractivity contribution in [2.75, 3.05) is 30.9 Å². The Balaban J connectivity index is 1.77. The normalized spacial score (nSPS) is 13.4. The second-order valence-electron chi connectivity index (χ2n) is 6.95. The van der Waals surface area contributed by atoms with Crippen LogP contribution in [0.15, 0.2) is 30.6 Å². The number of nitrogens with zero attached hydrogens (tertiary/aromatic N) is 6. The molecule has 0 spiro atoms. The van der Waals surface area contributed by atoms with Crippen LogP contribution < -0.4 is 20.3 Å². The van der Waals surface area contributed by atoms with E-state index in [1.54, 1.807) is 42.2 Å². The molecule has 0 atom stereocenters. The molecule has 2 amide bonds. The van der Waals surface area contributed by atoms with Crippen molar-refractivity contribution in [3.63, 3.8) is 0 Å². The lowest BCUT2D eigenvalue weighted by molar-refractivity contribution is -0.117. The fraction of sp³-hybridized carbons (Fsp3) is 0.300. The van der Waals surface area contributed by atoms with E-state index in [2.05, 4.69) is 30.9 Å². The van der Waals surface area contributed by atoms with E-state index in [0.29, 0.717) is 47.3 Å². The quantitative estimate of drug-likeness (QED) is 0.612. The Bertz CT molecular complexity index is 1140. The number of nitrogens with one attached hydrogen (secondary N) is 2. The Morgan fingerprint density at radius 3 is 2.71 bits per heavy atom. The van der Waals surface area contributed by atoms with Crippen molar-refractivity contribution >= 4 is 29.0 Å². The molecule has 4 rings (SSSR count). The summed E-state index contributed by atoms with van der Waals surface area (Å²) in [5.74, 6) is 0.974. The number of carbonyl (C=O) groups is 2. The zero-order valence-corrected chi connectivity index (χ0v) is 17.4. The number of ether oxygens (including phenoxy) is 1. The second kappa shape index (κ2) is 8.38. The molecule has 11 heteroatoms. The van der Waals surface area contributed by atoms with Crippen LogP contribution in [0.2, 0.25) is 0 Å². The molecule has 2 aromatic heterocycles. The van der Waals surface area contributed by atoms with E-state index in [-0.39, 0.29) is 11.6 Å². The molecule has 0 bridgehead atoms. The number of carbonyl (C=O) groups excluding carboxylic acids is 2. The van der Waals surface area contributed by atoms with Crippen LogP contribution in [0.5, 0.6) is 5.75 Å². The fourth-order valence-electron chi connectivity index (χ4n) is 3.42. The lowest BCUT2D eigenvalue weighted by Crippen LogP contribution is -2.27. The molecule has 31 heavy (non-hydrogen) atoms. The summed E-state index contributed by atoms with van der Waals surface area (Å²) in [4.78, 5) is 30.4. The van der Waals surface area contributed by atoms with Crippen LogP contribution in [0.3, 0.4) is 0 Å². The molecule has 3 aromatic rings. The number of hydrogen-bond acceptors (Lipinski definition) is 8. The van der Waals surface area contributed by atoms with Gasteiger partial charge in [-0.25, -0.2) is 4.98 Å². The van der Waals surface area contributed by atoms with Crippen LogP contribution in [-0.4, -0.2) is 57.5 Å². The molecule has 0 saturated carbocycles. The predicted molar refractivity (Wildman–Crippen MR) is 113 cm³/mol. The average molecular weight is 422 g/mol. The second-order valence-corrected chi connectivity index (χ2v) is 6.95. The van der Waals surface area contributed by atoms with Gasteiger partial charge >= 0.3 is 0 Å². The number of benzene rings is 1. The van der Waals surface area contributed by atoms with Gasteiger partial charge in [-0.2, -0.15) is 5.10 Å². The van der Waals surface area contributed by atoms with E-state index in [9.17, 15) is 9.59 Å². The molecule has 1 aromatic carbocycles. The Kier molecular flexibility index (Phi) is 5.48. The molecule has 1 aliphatic rings. The van der Waals surface area contributed by atoms with Gasteiger partial charge in [0.05, 0.1) is 24.0 Å². The first-order valence-corrected chi connectivity index (χ1v) is 9.72. The molecule has 2 N–H and O–H groups in total. The van der Waals surface area contributed by atoms with E-state index in [0.717, 1.165) is 6.42 Å². The van der Waals surface area contributed by atoms with E-state index in [4.69, 9.17) is 4.74 Å². The van der Waals surface area contributed by atoms with Crippen molar-refractivity contribution in [2.24, 2.45) is 7.05 Å². The van der Waals surface area contributed by atoms with Crippen molar-refractivity contribution < 1.29 is 14.3 Å². The van der Waals surface area contributed by atoms with E-state index in [1.165, 1.54) is 7.05 Å². The largest absolute Gasteiger partial charge is 0.494 e. The van der Waals surface area contributed by atoms with Gasteiger partial charge in [0.2, 0.25) is 5.91 Å². The number of aryl methyl sites for hydroxylation is 1. The van der Waals surface area contributed by atoms with Crippen LogP contribution in [0.1, 0.15) is 23.3 Å². The van der Waals surface area contributed by atoms with Crippen LogP contribution in [-0.2, 0) is 11.8 Å². The molecule has 3 heterocycles. The molecule has 0 unspecified atom stereocenters. The predicted octanol–water partition coefficient (Wildman–Crippen LogP) is 1.51. The van der Waals surface area contributed by atoms with Gasteiger partial charge in [0.15, 0.2) is 23.1 Å². The highest BCUT2D eigenvalue weighted by Gasteiger charge is 2.25. The number of amides is 2. The third kappa shape index (κ3) is 3.89. The summed E-state index contributed by atoms with van der Waals surface area (Å²) < 4.78 is 7.24. The molecule has 0 aliphatic carbocycles. The number of aromatic nitrogens is 5. The average Bonchev–Trinajstić information content (AvgIpc) is 3.41.